The van der Waals surface area contributed by atoms with Gasteiger partial charge in [0.15, 0.2) is 0 Å². The Kier molecular flexibility index (Phi) is 14.6. The second kappa shape index (κ2) is 20.0. The number of hydrogen-bond acceptors (Lipinski definition) is 10. The molecule has 2 aromatic carbocycles. The number of esters is 1. The zero-order valence-corrected chi connectivity index (χ0v) is 40.4. The molecule has 2 aromatic heterocycles. The highest BCUT2D eigenvalue weighted by Crippen LogP contribution is 2.42. The van der Waals surface area contributed by atoms with Crippen LogP contribution < -0.4 is 10.7 Å². The molecule has 0 saturated carbocycles. The number of phenols is 1. The fourth-order valence-electron chi connectivity index (χ4n) is 10.2. The third kappa shape index (κ3) is 10.1. The number of likely N-dealkylation sites (tertiary alicyclic amines) is 1. The summed E-state index contributed by atoms with van der Waals surface area (Å²) in [5, 5.41) is 16.8. The van der Waals surface area contributed by atoms with Crippen LogP contribution in [0.3, 0.4) is 0 Å². The predicted octanol–water partition coefficient (Wildman–Crippen LogP) is 6.36. The van der Waals surface area contributed by atoms with Gasteiger partial charge in [-0.3, -0.25) is 34.0 Å². The van der Waals surface area contributed by atoms with Crippen molar-refractivity contribution in [1.82, 2.24) is 35.1 Å². The van der Waals surface area contributed by atoms with Gasteiger partial charge in [0.25, 0.3) is 5.91 Å². The number of benzene rings is 2. The highest BCUT2D eigenvalue weighted by Gasteiger charge is 2.41. The smallest absolute Gasteiger partial charge is 0.324 e. The molecule has 3 N–H and O–H groups in total. The van der Waals surface area contributed by atoms with E-state index in [-0.39, 0.29) is 55.2 Å². The van der Waals surface area contributed by atoms with E-state index in [1.54, 1.807) is 37.4 Å². The lowest BCUT2D eigenvalue weighted by molar-refractivity contribution is -0.157. The van der Waals surface area contributed by atoms with Crippen LogP contribution >= 0.6 is 0 Å². The number of rotatable bonds is 10. The summed E-state index contributed by atoms with van der Waals surface area (Å²) in [6, 6.07) is 12.1. The number of ether oxygens (including phenoxy) is 2. The molecule has 2 fully saturated rings. The second-order valence-corrected chi connectivity index (χ2v) is 19.6. The van der Waals surface area contributed by atoms with Crippen molar-refractivity contribution in [3.8, 4) is 28.1 Å². The Balaban J connectivity index is 1.32. The summed E-state index contributed by atoms with van der Waals surface area (Å²) in [6.45, 7) is 18.8. The van der Waals surface area contributed by atoms with Crippen LogP contribution in [0, 0.1) is 17.3 Å². The molecule has 15 nitrogen and oxygen atoms in total. The number of aryl methyl sites for hydroxylation is 1. The molecule has 15 heteroatoms. The fourth-order valence-corrected chi connectivity index (χ4v) is 10.2. The standard InChI is InChI=1S/C52H67N7O8/c1-11-44(61)57-21-19-35(28-57)49(63)56(9)46(30(3)4)48(62)54-42-24-33-22-36(25-37(60)23-33)34-16-18-43-39(26-34)40(47(58(43)12-2)38-14-13-20-53-45(38)32(6)66-10)27-52(7,8)29-67-51(65)41-17-15-31(5)59(55-41)50(42)64/h11,13-14,16,18,20,22-23,25-26,30-32,35,41-42,46,55,60H,1,12,15,17,19,21,24,27-29H2,2-10H3,(H,54,62)/t31?,32-,35-,41-,42-,46-/m0/s1. The molecule has 0 spiro atoms. The number of carbonyl (C=O) groups excluding carboxylic acids is 5. The average Bonchev–Trinajstić information content (AvgIpc) is 3.92. The minimum Gasteiger partial charge on any atom is -0.508 e. The van der Waals surface area contributed by atoms with Gasteiger partial charge in [0.1, 0.15) is 23.9 Å². The normalized spacial score (nSPS) is 21.9. The molecule has 3 aliphatic heterocycles. The van der Waals surface area contributed by atoms with Gasteiger partial charge < -0.3 is 34.3 Å². The van der Waals surface area contributed by atoms with E-state index in [1.807, 2.05) is 45.9 Å². The maximum atomic E-state index is 14.9. The van der Waals surface area contributed by atoms with Crippen LogP contribution in [0.2, 0.25) is 0 Å². The molecule has 1 unspecified atom stereocenters. The van der Waals surface area contributed by atoms with Crippen LogP contribution in [0.4, 0.5) is 0 Å². The zero-order chi connectivity index (χ0) is 48.5. The third-order valence-electron chi connectivity index (χ3n) is 13.8. The van der Waals surface area contributed by atoms with E-state index in [2.05, 4.69) is 60.9 Å². The maximum absolute atomic E-state index is 14.9. The fraction of sp³-hybridized carbons (Fsp3) is 0.500. The van der Waals surface area contributed by atoms with Crippen molar-refractivity contribution < 1.29 is 38.6 Å². The number of hydrogen-bond donors (Lipinski definition) is 3. The molecule has 3 aliphatic rings. The first-order valence-corrected chi connectivity index (χ1v) is 23.6. The van der Waals surface area contributed by atoms with Gasteiger partial charge in [-0.25, -0.2) is 5.43 Å². The molecule has 5 heterocycles. The Labute approximate surface area is 393 Å². The highest BCUT2D eigenvalue weighted by molar-refractivity contribution is 5.96. The van der Waals surface area contributed by atoms with Crippen LogP contribution in [-0.4, -0.2) is 117 Å². The summed E-state index contributed by atoms with van der Waals surface area (Å²) in [5.74, 6) is -2.89. The molecule has 4 amide bonds. The van der Waals surface area contributed by atoms with Crippen molar-refractivity contribution in [3.63, 3.8) is 0 Å². The number of hydrazine groups is 1. The Bertz CT molecular complexity index is 2550. The molecular formula is C52H67N7O8. The quantitative estimate of drug-likeness (QED) is 0.120. The molecule has 0 aliphatic carbocycles. The summed E-state index contributed by atoms with van der Waals surface area (Å²) >= 11 is 0. The Morgan fingerprint density at radius 3 is 2.55 bits per heavy atom. The second-order valence-electron chi connectivity index (χ2n) is 19.6. The Morgan fingerprint density at radius 1 is 1.09 bits per heavy atom. The predicted molar refractivity (Wildman–Crippen MR) is 256 cm³/mol. The number of aromatic nitrogens is 2. The van der Waals surface area contributed by atoms with Gasteiger partial charge in [-0.2, -0.15) is 0 Å². The molecule has 4 aromatic rings. The Hall–Kier alpha value is -6.06. The summed E-state index contributed by atoms with van der Waals surface area (Å²) < 4.78 is 14.2. The number of pyridine rings is 1. The third-order valence-corrected chi connectivity index (χ3v) is 13.8. The largest absolute Gasteiger partial charge is 0.508 e. The van der Waals surface area contributed by atoms with E-state index in [1.165, 1.54) is 16.0 Å². The molecule has 0 radical (unpaired) electrons. The van der Waals surface area contributed by atoms with Gasteiger partial charge in [0.2, 0.25) is 17.7 Å². The first kappa shape index (κ1) is 48.9. The number of fused-ring (bicyclic) bond motifs is 6. The lowest BCUT2D eigenvalue weighted by Gasteiger charge is -2.40. The van der Waals surface area contributed by atoms with Crippen LogP contribution in [0.1, 0.15) is 90.7 Å². The van der Waals surface area contributed by atoms with E-state index < -0.39 is 47.2 Å². The van der Waals surface area contributed by atoms with Crippen LogP contribution in [0.15, 0.2) is 67.4 Å². The lowest BCUT2D eigenvalue weighted by Crippen LogP contribution is -2.64. The van der Waals surface area contributed by atoms with E-state index in [0.29, 0.717) is 49.9 Å². The van der Waals surface area contributed by atoms with E-state index in [9.17, 15) is 29.1 Å². The SMILES string of the molecule is C=CC(=O)N1CC[C@H](C(=O)N(C)[C@H](C(=O)N[C@H]2Cc3cc(O)cc(c3)-c3ccc4c(c3)c(c(-c3cccnc3[C@H](C)OC)n4CC)CC(C)(C)COC(=O)[C@@H]3CCC(C)N(N3)C2=O)C(C)C)C1. The number of phenolic OH excluding ortho intramolecular Hbond substituents is 1. The summed E-state index contributed by atoms with van der Waals surface area (Å²) in [5.41, 5.74) is 9.56. The van der Waals surface area contributed by atoms with Crippen molar-refractivity contribution in [3.05, 3.63) is 84.2 Å². The summed E-state index contributed by atoms with van der Waals surface area (Å²) in [4.78, 5) is 77.6. The topological polar surface area (TPSA) is 176 Å². The number of nitrogens with one attached hydrogen (secondary N) is 2. The Morgan fingerprint density at radius 2 is 1.85 bits per heavy atom. The van der Waals surface area contributed by atoms with Crippen LogP contribution in [0.25, 0.3) is 33.3 Å². The minimum absolute atomic E-state index is 0.0144. The molecule has 2 saturated heterocycles. The number of likely N-dealkylation sites (N-methyl/N-ethyl adjacent to an activating group) is 1. The molecule has 7 rings (SSSR count). The highest BCUT2D eigenvalue weighted by atomic mass is 16.5. The first-order chi connectivity index (χ1) is 31.9. The maximum Gasteiger partial charge on any atom is 0.324 e. The monoisotopic (exact) mass is 918 g/mol. The van der Waals surface area contributed by atoms with Gasteiger partial charge >= 0.3 is 5.97 Å². The van der Waals surface area contributed by atoms with Gasteiger partial charge in [0, 0.05) is 74.3 Å². The van der Waals surface area contributed by atoms with Crippen molar-refractivity contribution in [2.45, 2.75) is 117 Å². The number of carbonyl (C=O) groups is 5. The summed E-state index contributed by atoms with van der Waals surface area (Å²) in [6.07, 6.45) is 4.61. The number of methoxy groups -OCH3 is 1. The molecule has 67 heavy (non-hydrogen) atoms. The van der Waals surface area contributed by atoms with Gasteiger partial charge in [-0.15, -0.1) is 0 Å². The number of cyclic esters (lactones) is 1. The van der Waals surface area contributed by atoms with Crippen LogP contribution in [0.5, 0.6) is 5.75 Å². The van der Waals surface area contributed by atoms with Crippen molar-refractivity contribution in [2.24, 2.45) is 17.3 Å². The molecular weight excluding hydrogens is 851 g/mol. The van der Waals surface area contributed by atoms with E-state index >= 15 is 0 Å². The lowest BCUT2D eigenvalue weighted by atomic mass is 9.84. The molecule has 358 valence electrons. The molecule has 6 bridgehead atoms. The number of aromatic hydroxyl groups is 1. The van der Waals surface area contributed by atoms with Crippen molar-refractivity contribution in [1.29, 1.82) is 0 Å². The zero-order valence-electron chi connectivity index (χ0n) is 40.4. The van der Waals surface area contributed by atoms with Gasteiger partial charge in [-0.1, -0.05) is 46.4 Å². The minimum atomic E-state index is -1.18. The van der Waals surface area contributed by atoms with Crippen molar-refractivity contribution in [2.75, 3.05) is 33.9 Å². The molecule has 6 atom stereocenters. The van der Waals surface area contributed by atoms with Crippen molar-refractivity contribution >= 4 is 40.5 Å². The number of amides is 4. The van der Waals surface area contributed by atoms with Gasteiger partial charge in [0.05, 0.1) is 30.0 Å². The summed E-state index contributed by atoms with van der Waals surface area (Å²) in [7, 11) is 3.25. The first-order valence-electron chi connectivity index (χ1n) is 23.6. The van der Waals surface area contributed by atoms with E-state index in [0.717, 1.165) is 39.0 Å². The number of nitrogens with zero attached hydrogens (tertiary/aromatic N) is 5. The van der Waals surface area contributed by atoms with E-state index in [4.69, 9.17) is 14.5 Å². The van der Waals surface area contributed by atoms with Gasteiger partial charge in [-0.05, 0) is 117 Å². The average molecular weight is 918 g/mol. The van der Waals surface area contributed by atoms with Crippen LogP contribution in [-0.2, 0) is 52.8 Å².